The highest BCUT2D eigenvalue weighted by Crippen LogP contribution is 2.28. The molecule has 1 atom stereocenters. The summed E-state index contributed by atoms with van der Waals surface area (Å²) >= 11 is 12.2. The zero-order valence-electron chi connectivity index (χ0n) is 15.2. The van der Waals surface area contributed by atoms with Gasteiger partial charge in [-0.15, -0.1) is 0 Å². The zero-order valence-corrected chi connectivity index (χ0v) is 16.7. The number of benzene rings is 2. The molecule has 1 aliphatic heterocycles. The molecule has 0 spiro atoms. The molecule has 0 N–H and O–H groups in total. The molecule has 6 heteroatoms. The van der Waals surface area contributed by atoms with Gasteiger partial charge in [0.2, 0.25) is 11.8 Å². The Labute approximate surface area is 169 Å². The number of carbonyl (C=O) groups is 2. The Morgan fingerprint density at radius 2 is 1.93 bits per heavy atom. The Morgan fingerprint density at radius 3 is 2.63 bits per heavy atom. The third-order valence-corrected chi connectivity index (χ3v) is 5.49. The van der Waals surface area contributed by atoms with Crippen LogP contribution in [-0.2, 0) is 22.7 Å². The number of likely N-dealkylation sites (tertiary alicyclic amines) is 1. The lowest BCUT2D eigenvalue weighted by atomic mass is 10.1. The molecule has 0 radical (unpaired) electrons. The van der Waals surface area contributed by atoms with Gasteiger partial charge in [0, 0.05) is 49.1 Å². The van der Waals surface area contributed by atoms with Gasteiger partial charge in [-0.1, -0.05) is 59.6 Å². The Balaban J connectivity index is 1.64. The number of halogens is 2. The Kier molecular flexibility index (Phi) is 6.40. The van der Waals surface area contributed by atoms with E-state index < -0.39 is 0 Å². The predicted octanol–water partition coefficient (Wildman–Crippen LogP) is 4.53. The van der Waals surface area contributed by atoms with Crippen molar-refractivity contribution in [2.45, 2.75) is 38.4 Å². The Hall–Kier alpha value is -2.04. The minimum Gasteiger partial charge on any atom is -0.341 e. The summed E-state index contributed by atoms with van der Waals surface area (Å²) in [6, 6.07) is 15.0. The van der Waals surface area contributed by atoms with E-state index in [1.807, 2.05) is 36.4 Å². The third-order valence-electron chi connectivity index (χ3n) is 4.91. The van der Waals surface area contributed by atoms with Crippen molar-refractivity contribution in [3.8, 4) is 0 Å². The second-order valence-corrected chi connectivity index (χ2v) is 7.73. The van der Waals surface area contributed by atoms with Crippen LogP contribution in [0.15, 0.2) is 48.5 Å². The highest BCUT2D eigenvalue weighted by atomic mass is 35.5. The highest BCUT2D eigenvalue weighted by Gasteiger charge is 2.33. The third kappa shape index (κ3) is 5.02. The van der Waals surface area contributed by atoms with Crippen LogP contribution in [0.2, 0.25) is 10.0 Å². The molecule has 0 bridgehead atoms. The van der Waals surface area contributed by atoms with E-state index in [-0.39, 0.29) is 17.9 Å². The number of nitrogens with zero attached hydrogens (tertiary/aromatic N) is 2. The summed E-state index contributed by atoms with van der Waals surface area (Å²) in [5.74, 6) is 0.0929. The van der Waals surface area contributed by atoms with E-state index in [9.17, 15) is 9.59 Å². The first-order valence-electron chi connectivity index (χ1n) is 8.95. The lowest BCUT2D eigenvalue weighted by Crippen LogP contribution is -2.37. The standard InChI is InChI=1S/C21H22Cl2N2O2/c1-24(13-15-5-3-2-4-6-15)21(27)12-18-9-10-20(26)25(18)14-16-7-8-17(22)11-19(16)23/h2-8,11,18H,9-10,12-14H2,1H3. The van der Waals surface area contributed by atoms with Gasteiger partial charge < -0.3 is 9.80 Å². The first-order chi connectivity index (χ1) is 12.9. The summed E-state index contributed by atoms with van der Waals surface area (Å²) in [6.07, 6.45) is 1.47. The number of amides is 2. The van der Waals surface area contributed by atoms with E-state index in [4.69, 9.17) is 23.2 Å². The predicted molar refractivity (Wildman–Crippen MR) is 108 cm³/mol. The second-order valence-electron chi connectivity index (χ2n) is 6.89. The van der Waals surface area contributed by atoms with Gasteiger partial charge in [0.1, 0.15) is 0 Å². The van der Waals surface area contributed by atoms with Crippen LogP contribution < -0.4 is 0 Å². The van der Waals surface area contributed by atoms with Crippen LogP contribution in [-0.4, -0.2) is 34.7 Å². The molecule has 142 valence electrons. The molecule has 2 aromatic carbocycles. The van der Waals surface area contributed by atoms with Crippen LogP contribution >= 0.6 is 23.2 Å². The lowest BCUT2D eigenvalue weighted by molar-refractivity contribution is -0.133. The second kappa shape index (κ2) is 8.77. The number of rotatable bonds is 6. The summed E-state index contributed by atoms with van der Waals surface area (Å²) in [5.41, 5.74) is 1.92. The van der Waals surface area contributed by atoms with E-state index in [1.165, 1.54) is 0 Å². The SMILES string of the molecule is CN(Cc1ccccc1)C(=O)CC1CCC(=O)N1Cc1ccc(Cl)cc1Cl. The average Bonchev–Trinajstić information content (AvgIpc) is 2.98. The van der Waals surface area contributed by atoms with Crippen LogP contribution in [0.3, 0.4) is 0 Å². The smallest absolute Gasteiger partial charge is 0.224 e. The topological polar surface area (TPSA) is 40.6 Å². The molecule has 3 rings (SSSR count). The van der Waals surface area contributed by atoms with E-state index in [0.29, 0.717) is 42.4 Å². The van der Waals surface area contributed by atoms with Crippen molar-refractivity contribution in [3.05, 3.63) is 69.7 Å². The van der Waals surface area contributed by atoms with Crippen LogP contribution in [0.25, 0.3) is 0 Å². The van der Waals surface area contributed by atoms with Crippen molar-refractivity contribution in [3.63, 3.8) is 0 Å². The number of hydrogen-bond donors (Lipinski definition) is 0. The van der Waals surface area contributed by atoms with E-state index in [1.54, 1.807) is 29.0 Å². The molecule has 0 aromatic heterocycles. The lowest BCUT2D eigenvalue weighted by Gasteiger charge is -2.27. The van der Waals surface area contributed by atoms with Crippen molar-refractivity contribution in [1.82, 2.24) is 9.80 Å². The van der Waals surface area contributed by atoms with Crippen molar-refractivity contribution in [1.29, 1.82) is 0 Å². The molecular weight excluding hydrogens is 383 g/mol. The Bertz CT molecular complexity index is 826. The van der Waals surface area contributed by atoms with Crippen LogP contribution in [0.5, 0.6) is 0 Å². The first kappa shape index (κ1) is 19.7. The van der Waals surface area contributed by atoms with Gasteiger partial charge in [0.05, 0.1) is 0 Å². The molecule has 0 saturated carbocycles. The van der Waals surface area contributed by atoms with Gasteiger partial charge >= 0.3 is 0 Å². The average molecular weight is 405 g/mol. The van der Waals surface area contributed by atoms with Gasteiger partial charge in [-0.05, 0) is 29.7 Å². The summed E-state index contributed by atoms with van der Waals surface area (Å²) in [7, 11) is 1.80. The highest BCUT2D eigenvalue weighted by molar-refractivity contribution is 6.35. The molecule has 1 unspecified atom stereocenters. The van der Waals surface area contributed by atoms with Crippen LogP contribution in [0.1, 0.15) is 30.4 Å². The monoisotopic (exact) mass is 404 g/mol. The molecule has 4 nitrogen and oxygen atoms in total. The van der Waals surface area contributed by atoms with Gasteiger partial charge in [-0.3, -0.25) is 9.59 Å². The molecule has 2 amide bonds. The molecular formula is C21H22Cl2N2O2. The molecule has 2 aromatic rings. The van der Waals surface area contributed by atoms with Crippen molar-refractivity contribution >= 4 is 35.0 Å². The van der Waals surface area contributed by atoms with E-state index in [2.05, 4.69) is 0 Å². The van der Waals surface area contributed by atoms with Crippen molar-refractivity contribution in [2.75, 3.05) is 7.05 Å². The fourth-order valence-corrected chi connectivity index (χ4v) is 3.83. The fourth-order valence-electron chi connectivity index (χ4n) is 3.36. The minimum absolute atomic E-state index is 0.0331. The largest absolute Gasteiger partial charge is 0.341 e. The maximum Gasteiger partial charge on any atom is 0.224 e. The first-order valence-corrected chi connectivity index (χ1v) is 9.71. The fraction of sp³-hybridized carbons (Fsp3) is 0.333. The van der Waals surface area contributed by atoms with E-state index >= 15 is 0 Å². The summed E-state index contributed by atoms with van der Waals surface area (Å²) < 4.78 is 0. The molecule has 0 aliphatic carbocycles. The molecule has 27 heavy (non-hydrogen) atoms. The van der Waals surface area contributed by atoms with Gasteiger partial charge in [0.15, 0.2) is 0 Å². The minimum atomic E-state index is -0.102. The van der Waals surface area contributed by atoms with Crippen LogP contribution in [0, 0.1) is 0 Å². The zero-order chi connectivity index (χ0) is 19.4. The summed E-state index contributed by atoms with van der Waals surface area (Å²) in [5, 5.41) is 1.10. The van der Waals surface area contributed by atoms with Gasteiger partial charge in [-0.25, -0.2) is 0 Å². The van der Waals surface area contributed by atoms with E-state index in [0.717, 1.165) is 11.1 Å². The molecule has 1 fully saturated rings. The van der Waals surface area contributed by atoms with Gasteiger partial charge in [0.25, 0.3) is 0 Å². The van der Waals surface area contributed by atoms with Crippen molar-refractivity contribution < 1.29 is 9.59 Å². The van der Waals surface area contributed by atoms with Crippen molar-refractivity contribution in [2.24, 2.45) is 0 Å². The van der Waals surface area contributed by atoms with Gasteiger partial charge in [-0.2, -0.15) is 0 Å². The molecule has 1 aliphatic rings. The summed E-state index contributed by atoms with van der Waals surface area (Å²) in [6.45, 7) is 0.957. The van der Waals surface area contributed by atoms with Crippen LogP contribution in [0.4, 0.5) is 0 Å². The number of hydrogen-bond acceptors (Lipinski definition) is 2. The normalized spacial score (nSPS) is 16.6. The maximum absolute atomic E-state index is 12.7. The maximum atomic E-state index is 12.7. The Morgan fingerprint density at radius 1 is 1.19 bits per heavy atom. The summed E-state index contributed by atoms with van der Waals surface area (Å²) in [4.78, 5) is 28.5. The molecule has 1 saturated heterocycles. The molecule has 1 heterocycles. The number of carbonyl (C=O) groups excluding carboxylic acids is 2. The quantitative estimate of drug-likeness (QED) is 0.709.